The van der Waals surface area contributed by atoms with Gasteiger partial charge >= 0.3 is 5.97 Å². The first-order valence-electron chi connectivity index (χ1n) is 23.4. The molecule has 354 valence electrons. The van der Waals surface area contributed by atoms with Crippen molar-refractivity contribution < 1.29 is 47.2 Å². The van der Waals surface area contributed by atoms with Crippen LogP contribution in [0.15, 0.2) is 109 Å². The Morgan fingerprint density at radius 2 is 1.29 bits per heavy atom. The molecular weight excluding hydrogens is 853 g/mol. The highest BCUT2D eigenvalue weighted by Crippen LogP contribution is 2.44. The second kappa shape index (κ2) is 21.8. The minimum absolute atomic E-state index is 0.0245. The molecule has 0 radical (unpaired) electrons. The number of esters is 1. The van der Waals surface area contributed by atoms with Crippen LogP contribution in [0.1, 0.15) is 102 Å². The monoisotopic (exact) mass is 926 g/mol. The molecule has 2 heterocycles. The van der Waals surface area contributed by atoms with E-state index in [0.29, 0.717) is 76.1 Å². The van der Waals surface area contributed by atoms with E-state index in [2.05, 4.69) is 115 Å². The van der Waals surface area contributed by atoms with Crippen molar-refractivity contribution in [3.05, 3.63) is 120 Å². The van der Waals surface area contributed by atoms with Crippen LogP contribution in [-0.4, -0.2) is 91.5 Å². The summed E-state index contributed by atoms with van der Waals surface area (Å²) < 4.78 is 51.8. The van der Waals surface area contributed by atoms with Gasteiger partial charge in [-0.15, -0.1) is 0 Å². The van der Waals surface area contributed by atoms with Crippen molar-refractivity contribution in [3.63, 3.8) is 0 Å². The standard InChI is InChI=1S/C53H74O10Si2/c1-51(2,3)64(9,10)59-31-29-44(61-50(55)40-23-27-43(57-8)28-24-40)34-46-33-41(54)36-53(63-46)37-47(58-38-39-21-25-42(56-7)26-22-39)35-45(62-53)30-32-60-65(52(4,5)6,48-17-13-11-14-18-48)49-19-15-12-16-20-49/h11-28,41,44-47,54H,29-38H2,1-10H3/t41-,44-,45+,46-,47-,53+/m1/s1. The maximum absolute atomic E-state index is 13.7. The van der Waals surface area contributed by atoms with E-state index in [9.17, 15) is 9.90 Å². The predicted octanol–water partition coefficient (Wildman–Crippen LogP) is 10.00. The molecule has 4 aromatic rings. The quantitative estimate of drug-likeness (QED) is 0.0721. The van der Waals surface area contributed by atoms with Gasteiger partial charge in [0.15, 0.2) is 14.1 Å². The number of benzene rings is 4. The number of ether oxygens (including phenoxy) is 6. The zero-order valence-electron chi connectivity index (χ0n) is 40.5. The van der Waals surface area contributed by atoms with Gasteiger partial charge in [0, 0.05) is 45.3 Å². The summed E-state index contributed by atoms with van der Waals surface area (Å²) in [4.78, 5) is 13.7. The third-order valence-electron chi connectivity index (χ3n) is 13.6. The number of carbonyl (C=O) groups excluding carboxylic acids is 1. The minimum Gasteiger partial charge on any atom is -0.497 e. The van der Waals surface area contributed by atoms with E-state index in [1.165, 1.54) is 10.4 Å². The van der Waals surface area contributed by atoms with Gasteiger partial charge in [0.25, 0.3) is 8.32 Å². The van der Waals surface area contributed by atoms with E-state index in [1.54, 1.807) is 38.5 Å². The van der Waals surface area contributed by atoms with Crippen LogP contribution < -0.4 is 19.8 Å². The maximum atomic E-state index is 13.7. The van der Waals surface area contributed by atoms with Crippen molar-refractivity contribution in [1.82, 2.24) is 0 Å². The lowest BCUT2D eigenvalue weighted by Gasteiger charge is -2.50. The summed E-state index contributed by atoms with van der Waals surface area (Å²) in [7, 11) is -1.64. The highest BCUT2D eigenvalue weighted by Gasteiger charge is 2.52. The van der Waals surface area contributed by atoms with Gasteiger partial charge < -0.3 is 42.4 Å². The minimum atomic E-state index is -2.81. The number of rotatable bonds is 19. The Labute approximate surface area is 390 Å². The van der Waals surface area contributed by atoms with E-state index >= 15 is 0 Å². The number of carbonyl (C=O) groups is 1. The largest absolute Gasteiger partial charge is 0.497 e. The van der Waals surface area contributed by atoms with Crippen molar-refractivity contribution in [2.45, 2.75) is 153 Å². The van der Waals surface area contributed by atoms with Crippen molar-refractivity contribution >= 4 is 33.0 Å². The summed E-state index contributed by atoms with van der Waals surface area (Å²) in [6.45, 7) is 19.2. The smallest absolute Gasteiger partial charge is 0.338 e. The molecule has 0 aliphatic carbocycles. The van der Waals surface area contributed by atoms with E-state index in [0.717, 1.165) is 11.3 Å². The fourth-order valence-corrected chi connectivity index (χ4v) is 14.7. The Bertz CT molecular complexity index is 2030. The van der Waals surface area contributed by atoms with Crippen LogP contribution in [0.2, 0.25) is 23.2 Å². The summed E-state index contributed by atoms with van der Waals surface area (Å²) in [6, 6.07) is 36.2. The molecule has 2 saturated heterocycles. The molecule has 0 bridgehead atoms. The van der Waals surface area contributed by atoms with Crippen molar-refractivity contribution in [1.29, 1.82) is 0 Å². The number of aliphatic hydroxyl groups is 1. The molecule has 2 aliphatic heterocycles. The average Bonchev–Trinajstić information content (AvgIpc) is 3.26. The molecule has 0 saturated carbocycles. The summed E-state index contributed by atoms with van der Waals surface area (Å²) in [5.74, 6) is -0.120. The van der Waals surface area contributed by atoms with E-state index < -0.39 is 46.7 Å². The summed E-state index contributed by atoms with van der Waals surface area (Å²) in [5, 5.41) is 14.0. The molecule has 10 nitrogen and oxygen atoms in total. The van der Waals surface area contributed by atoms with Crippen molar-refractivity contribution in [2.24, 2.45) is 0 Å². The number of hydrogen-bond acceptors (Lipinski definition) is 10. The number of hydrogen-bond donors (Lipinski definition) is 1. The van der Waals surface area contributed by atoms with Gasteiger partial charge in [-0.3, -0.25) is 0 Å². The Hall–Kier alpha value is -3.86. The Morgan fingerprint density at radius 3 is 1.85 bits per heavy atom. The highest BCUT2D eigenvalue weighted by molar-refractivity contribution is 6.99. The molecule has 0 amide bonds. The first kappa shape index (κ1) is 50.6. The molecule has 0 unspecified atom stereocenters. The van der Waals surface area contributed by atoms with Crippen LogP contribution in [0.4, 0.5) is 0 Å². The molecule has 6 rings (SSSR count). The van der Waals surface area contributed by atoms with Crippen molar-refractivity contribution in [3.8, 4) is 11.5 Å². The third kappa shape index (κ3) is 13.0. The molecular formula is C53H74O10Si2. The fourth-order valence-electron chi connectivity index (χ4n) is 9.09. The maximum Gasteiger partial charge on any atom is 0.338 e. The molecule has 1 N–H and O–H groups in total. The van der Waals surface area contributed by atoms with Gasteiger partial charge in [-0.05, 0) is 88.3 Å². The van der Waals surface area contributed by atoms with E-state index in [-0.39, 0.29) is 22.3 Å². The van der Waals surface area contributed by atoms with E-state index in [4.69, 9.17) is 37.3 Å². The van der Waals surface area contributed by atoms with Gasteiger partial charge in [-0.25, -0.2) is 4.79 Å². The van der Waals surface area contributed by atoms with E-state index in [1.807, 2.05) is 24.3 Å². The van der Waals surface area contributed by atoms with Gasteiger partial charge in [0.05, 0.1) is 50.8 Å². The Balaban J connectivity index is 1.24. The first-order chi connectivity index (χ1) is 30.8. The van der Waals surface area contributed by atoms with Gasteiger partial charge in [0.1, 0.15) is 17.6 Å². The van der Waals surface area contributed by atoms with Gasteiger partial charge in [-0.1, -0.05) is 114 Å². The summed E-state index contributed by atoms with van der Waals surface area (Å²) in [5.41, 5.74) is 1.46. The lowest BCUT2D eigenvalue weighted by Crippen LogP contribution is -2.66. The van der Waals surface area contributed by atoms with Crippen LogP contribution in [0.3, 0.4) is 0 Å². The summed E-state index contributed by atoms with van der Waals surface area (Å²) >= 11 is 0. The van der Waals surface area contributed by atoms with Crippen LogP contribution >= 0.6 is 0 Å². The third-order valence-corrected chi connectivity index (χ3v) is 23.1. The van der Waals surface area contributed by atoms with Crippen LogP contribution in [0, 0.1) is 0 Å². The average molecular weight is 927 g/mol. The molecule has 4 aromatic carbocycles. The zero-order chi connectivity index (χ0) is 46.9. The topological polar surface area (TPSA) is 111 Å². The SMILES string of the molecule is COc1ccc(CO[C@@H]2C[C@H](CCO[Si](c3ccccc3)(c3ccccc3)C(C)(C)C)O[C@]3(C[C@H](O)C[C@H](C[C@@H](CCO[Si](C)(C)C(C)(C)C)OC(=O)c4ccc(OC)cc4)O3)C2)cc1. The molecule has 1 spiro atoms. The van der Waals surface area contributed by atoms with Crippen LogP contribution in [0.5, 0.6) is 11.5 Å². The first-order valence-corrected chi connectivity index (χ1v) is 28.2. The molecule has 2 fully saturated rings. The molecule has 65 heavy (non-hydrogen) atoms. The molecule has 2 aliphatic rings. The van der Waals surface area contributed by atoms with Crippen LogP contribution in [0.25, 0.3) is 0 Å². The lowest BCUT2D eigenvalue weighted by atomic mass is 9.87. The lowest BCUT2D eigenvalue weighted by molar-refractivity contribution is -0.344. The predicted molar refractivity (Wildman–Crippen MR) is 261 cm³/mol. The summed E-state index contributed by atoms with van der Waals surface area (Å²) in [6.07, 6.45) is 0.983. The molecule has 12 heteroatoms. The highest BCUT2D eigenvalue weighted by atomic mass is 28.4. The molecule has 6 atom stereocenters. The molecule has 0 aromatic heterocycles. The fraction of sp³-hybridized carbons (Fsp3) is 0.528. The number of methoxy groups -OCH3 is 2. The zero-order valence-corrected chi connectivity index (χ0v) is 42.5. The number of aliphatic hydroxyl groups excluding tert-OH is 1. The van der Waals surface area contributed by atoms with Crippen LogP contribution in [-0.2, 0) is 34.4 Å². The second-order valence-corrected chi connectivity index (χ2v) is 29.5. The Kier molecular flexibility index (Phi) is 17.0. The normalized spacial score (nSPS) is 22.3. The van der Waals surface area contributed by atoms with Crippen molar-refractivity contribution in [2.75, 3.05) is 27.4 Å². The van der Waals surface area contributed by atoms with Gasteiger partial charge in [-0.2, -0.15) is 0 Å². The van der Waals surface area contributed by atoms with Gasteiger partial charge in [0.2, 0.25) is 0 Å². The Morgan fingerprint density at radius 1 is 0.723 bits per heavy atom. The second-order valence-electron chi connectivity index (χ2n) is 20.4.